The lowest BCUT2D eigenvalue weighted by molar-refractivity contribution is 0.0763. The van der Waals surface area contributed by atoms with Gasteiger partial charge in [0.05, 0.1) is 12.2 Å². The number of hydrogen-bond donors (Lipinski definition) is 1. The SMILES string of the molecule is CCOc1ccc(Nc2ncccc2C(=O)N2CCCN(C)CC2)cc1. The Kier molecular flexibility index (Phi) is 6.07. The van der Waals surface area contributed by atoms with Crippen LogP contribution in [0.25, 0.3) is 0 Å². The van der Waals surface area contributed by atoms with Crippen molar-refractivity contribution >= 4 is 17.4 Å². The van der Waals surface area contributed by atoms with E-state index in [4.69, 9.17) is 4.74 Å². The molecule has 6 heteroatoms. The minimum Gasteiger partial charge on any atom is -0.494 e. The Balaban J connectivity index is 1.76. The van der Waals surface area contributed by atoms with Gasteiger partial charge >= 0.3 is 0 Å². The van der Waals surface area contributed by atoms with Crippen LogP contribution in [-0.4, -0.2) is 60.5 Å². The van der Waals surface area contributed by atoms with Crippen LogP contribution in [0.5, 0.6) is 5.75 Å². The van der Waals surface area contributed by atoms with Gasteiger partial charge in [-0.25, -0.2) is 4.98 Å². The van der Waals surface area contributed by atoms with Crippen molar-refractivity contribution in [1.29, 1.82) is 0 Å². The molecule has 1 aromatic heterocycles. The normalized spacial score (nSPS) is 15.4. The number of likely N-dealkylation sites (N-methyl/N-ethyl adjacent to an activating group) is 1. The lowest BCUT2D eigenvalue weighted by atomic mass is 10.2. The molecule has 1 aromatic carbocycles. The lowest BCUT2D eigenvalue weighted by Crippen LogP contribution is -2.34. The van der Waals surface area contributed by atoms with Gasteiger partial charge in [-0.1, -0.05) is 0 Å². The fourth-order valence-electron chi connectivity index (χ4n) is 3.04. The van der Waals surface area contributed by atoms with Crippen LogP contribution in [0.2, 0.25) is 0 Å². The molecule has 1 aliphatic rings. The van der Waals surface area contributed by atoms with Crippen molar-refractivity contribution in [3.8, 4) is 5.75 Å². The van der Waals surface area contributed by atoms with E-state index in [9.17, 15) is 4.79 Å². The number of aromatic nitrogens is 1. The predicted molar refractivity (Wildman–Crippen MR) is 103 cm³/mol. The molecule has 1 fully saturated rings. The number of amides is 1. The van der Waals surface area contributed by atoms with Crippen molar-refractivity contribution in [2.45, 2.75) is 13.3 Å². The summed E-state index contributed by atoms with van der Waals surface area (Å²) in [5, 5.41) is 3.26. The molecule has 138 valence electrons. The second-order valence-electron chi connectivity index (χ2n) is 6.43. The summed E-state index contributed by atoms with van der Waals surface area (Å²) in [6.07, 6.45) is 2.69. The van der Waals surface area contributed by atoms with E-state index in [1.807, 2.05) is 42.2 Å². The Labute approximate surface area is 154 Å². The molecule has 0 spiro atoms. The summed E-state index contributed by atoms with van der Waals surface area (Å²) in [7, 11) is 2.09. The lowest BCUT2D eigenvalue weighted by Gasteiger charge is -2.22. The second kappa shape index (κ2) is 8.67. The number of pyridine rings is 1. The molecule has 2 heterocycles. The number of carbonyl (C=O) groups is 1. The third-order valence-electron chi connectivity index (χ3n) is 4.47. The molecule has 6 nitrogen and oxygen atoms in total. The standard InChI is InChI=1S/C20H26N4O2/c1-3-26-17-9-7-16(8-10-17)22-19-18(6-4-11-21-19)20(25)24-13-5-12-23(2)14-15-24/h4,6-11H,3,5,12-15H2,1-2H3,(H,21,22). The van der Waals surface area contributed by atoms with Crippen molar-refractivity contribution in [1.82, 2.24) is 14.8 Å². The highest BCUT2D eigenvalue weighted by Crippen LogP contribution is 2.22. The van der Waals surface area contributed by atoms with E-state index in [0.717, 1.165) is 44.0 Å². The zero-order chi connectivity index (χ0) is 18.4. The first-order chi connectivity index (χ1) is 12.7. The third-order valence-corrected chi connectivity index (χ3v) is 4.47. The Hall–Kier alpha value is -2.60. The molecule has 1 N–H and O–H groups in total. The number of nitrogens with one attached hydrogen (secondary N) is 1. The molecule has 26 heavy (non-hydrogen) atoms. The molecule has 3 rings (SSSR count). The Morgan fingerprint density at radius 2 is 1.96 bits per heavy atom. The zero-order valence-electron chi connectivity index (χ0n) is 15.4. The van der Waals surface area contributed by atoms with Crippen LogP contribution in [0, 0.1) is 0 Å². The van der Waals surface area contributed by atoms with Gasteiger partial charge in [-0.3, -0.25) is 4.79 Å². The number of rotatable bonds is 5. The van der Waals surface area contributed by atoms with Crippen molar-refractivity contribution in [2.24, 2.45) is 0 Å². The van der Waals surface area contributed by atoms with E-state index in [0.29, 0.717) is 18.0 Å². The first-order valence-electron chi connectivity index (χ1n) is 9.10. The maximum atomic E-state index is 13.0. The highest BCUT2D eigenvalue weighted by Gasteiger charge is 2.21. The maximum Gasteiger partial charge on any atom is 0.257 e. The maximum absolute atomic E-state index is 13.0. The van der Waals surface area contributed by atoms with Crippen LogP contribution < -0.4 is 10.1 Å². The fraction of sp³-hybridized carbons (Fsp3) is 0.400. The zero-order valence-corrected chi connectivity index (χ0v) is 15.4. The van der Waals surface area contributed by atoms with Crippen molar-refractivity contribution in [2.75, 3.05) is 45.2 Å². The molecule has 0 atom stereocenters. The minimum atomic E-state index is 0.0295. The largest absolute Gasteiger partial charge is 0.494 e. The van der Waals surface area contributed by atoms with E-state index >= 15 is 0 Å². The number of hydrogen-bond acceptors (Lipinski definition) is 5. The second-order valence-corrected chi connectivity index (χ2v) is 6.43. The molecule has 0 bridgehead atoms. The summed E-state index contributed by atoms with van der Waals surface area (Å²) >= 11 is 0. The minimum absolute atomic E-state index is 0.0295. The number of ether oxygens (including phenoxy) is 1. The van der Waals surface area contributed by atoms with Gasteiger partial charge in [0.15, 0.2) is 0 Å². The Morgan fingerprint density at radius 1 is 1.15 bits per heavy atom. The molecular weight excluding hydrogens is 328 g/mol. The third kappa shape index (κ3) is 4.52. The summed E-state index contributed by atoms with van der Waals surface area (Å²) in [5.41, 5.74) is 1.47. The summed E-state index contributed by atoms with van der Waals surface area (Å²) in [6, 6.07) is 11.3. The summed E-state index contributed by atoms with van der Waals surface area (Å²) < 4.78 is 5.46. The van der Waals surface area contributed by atoms with Crippen LogP contribution in [0.1, 0.15) is 23.7 Å². The molecule has 0 radical (unpaired) electrons. The van der Waals surface area contributed by atoms with Gasteiger partial charge in [0, 0.05) is 31.5 Å². The smallest absolute Gasteiger partial charge is 0.257 e. The van der Waals surface area contributed by atoms with Gasteiger partial charge in [-0.05, 0) is 63.3 Å². The first kappa shape index (κ1) is 18.2. The van der Waals surface area contributed by atoms with Crippen LogP contribution in [0.15, 0.2) is 42.6 Å². The molecule has 1 aliphatic heterocycles. The molecule has 2 aromatic rings. The average molecular weight is 354 g/mol. The van der Waals surface area contributed by atoms with Crippen LogP contribution in [0.4, 0.5) is 11.5 Å². The van der Waals surface area contributed by atoms with Crippen molar-refractivity contribution < 1.29 is 9.53 Å². The van der Waals surface area contributed by atoms with Crippen molar-refractivity contribution in [3.05, 3.63) is 48.2 Å². The van der Waals surface area contributed by atoms with E-state index in [1.54, 1.807) is 12.3 Å². The van der Waals surface area contributed by atoms with Crippen molar-refractivity contribution in [3.63, 3.8) is 0 Å². The van der Waals surface area contributed by atoms with Gasteiger partial charge in [0.2, 0.25) is 0 Å². The highest BCUT2D eigenvalue weighted by atomic mass is 16.5. The predicted octanol–water partition coefficient (Wildman–Crippen LogP) is 3.00. The average Bonchev–Trinajstić information content (AvgIpc) is 2.88. The topological polar surface area (TPSA) is 57.7 Å². The molecule has 0 aliphatic carbocycles. The van der Waals surface area contributed by atoms with Crippen LogP contribution >= 0.6 is 0 Å². The van der Waals surface area contributed by atoms with E-state index < -0.39 is 0 Å². The molecule has 0 unspecified atom stereocenters. The molecule has 1 saturated heterocycles. The number of anilines is 2. The molecule has 1 amide bonds. The van der Waals surface area contributed by atoms with Gasteiger partial charge in [-0.2, -0.15) is 0 Å². The van der Waals surface area contributed by atoms with Gasteiger partial charge in [0.1, 0.15) is 11.6 Å². The van der Waals surface area contributed by atoms with Crippen LogP contribution in [0.3, 0.4) is 0 Å². The monoisotopic (exact) mass is 354 g/mol. The number of benzene rings is 1. The number of nitrogens with zero attached hydrogens (tertiary/aromatic N) is 3. The number of carbonyl (C=O) groups excluding carboxylic acids is 1. The van der Waals surface area contributed by atoms with E-state index in [1.165, 1.54) is 0 Å². The summed E-state index contributed by atoms with van der Waals surface area (Å²) in [4.78, 5) is 21.6. The fourth-order valence-corrected chi connectivity index (χ4v) is 3.04. The summed E-state index contributed by atoms with van der Waals surface area (Å²) in [6.45, 7) is 6.03. The van der Waals surface area contributed by atoms with Gasteiger partial charge in [0.25, 0.3) is 5.91 Å². The first-order valence-corrected chi connectivity index (χ1v) is 9.10. The quantitative estimate of drug-likeness (QED) is 0.894. The van der Waals surface area contributed by atoms with E-state index in [-0.39, 0.29) is 5.91 Å². The molecular formula is C20H26N4O2. The van der Waals surface area contributed by atoms with Crippen LogP contribution in [-0.2, 0) is 0 Å². The van der Waals surface area contributed by atoms with E-state index in [2.05, 4.69) is 22.2 Å². The summed E-state index contributed by atoms with van der Waals surface area (Å²) in [5.74, 6) is 1.44. The van der Waals surface area contributed by atoms with Gasteiger partial charge < -0.3 is 19.9 Å². The van der Waals surface area contributed by atoms with Gasteiger partial charge in [-0.15, -0.1) is 0 Å². The Morgan fingerprint density at radius 3 is 2.73 bits per heavy atom. The Bertz CT molecular complexity index is 733. The molecule has 0 saturated carbocycles. The highest BCUT2D eigenvalue weighted by molar-refractivity contribution is 5.99.